The first-order valence-corrected chi connectivity index (χ1v) is 7.22. The predicted molar refractivity (Wildman–Crippen MR) is 86.0 cm³/mol. The van der Waals surface area contributed by atoms with E-state index in [1.54, 1.807) is 13.8 Å². The fourth-order valence-electron chi connectivity index (χ4n) is 2.10. The van der Waals surface area contributed by atoms with Crippen LogP contribution in [0.5, 0.6) is 0 Å². The zero-order valence-corrected chi connectivity index (χ0v) is 13.6. The van der Waals surface area contributed by atoms with E-state index < -0.39 is 5.54 Å². The van der Waals surface area contributed by atoms with Crippen LogP contribution in [0.1, 0.15) is 45.7 Å². The van der Waals surface area contributed by atoms with Crippen LogP contribution in [0.2, 0.25) is 0 Å². The van der Waals surface area contributed by atoms with E-state index in [9.17, 15) is 4.79 Å². The van der Waals surface area contributed by atoms with Crippen LogP contribution >= 0.6 is 0 Å². The molecule has 0 heterocycles. The molecule has 1 rings (SSSR count). The SMILES string of the molecule is C#CCNC(C)(C(=O)OCC)c1ccc(C(C)(C)C)cc1. The molecule has 0 spiro atoms. The summed E-state index contributed by atoms with van der Waals surface area (Å²) in [4.78, 5) is 12.3. The molecule has 0 radical (unpaired) electrons. The minimum Gasteiger partial charge on any atom is -0.464 e. The average molecular weight is 287 g/mol. The molecule has 0 aliphatic rings. The van der Waals surface area contributed by atoms with Gasteiger partial charge in [-0.1, -0.05) is 51.0 Å². The second-order valence-electron chi connectivity index (χ2n) is 6.23. The van der Waals surface area contributed by atoms with Gasteiger partial charge in [-0.3, -0.25) is 5.32 Å². The monoisotopic (exact) mass is 287 g/mol. The highest BCUT2D eigenvalue weighted by Gasteiger charge is 2.36. The van der Waals surface area contributed by atoms with Crippen LogP contribution in [-0.4, -0.2) is 19.1 Å². The Morgan fingerprint density at radius 2 is 1.71 bits per heavy atom. The van der Waals surface area contributed by atoms with Gasteiger partial charge in [0.05, 0.1) is 13.2 Å². The van der Waals surface area contributed by atoms with Gasteiger partial charge in [0.15, 0.2) is 0 Å². The average Bonchev–Trinajstić information content (AvgIpc) is 2.44. The van der Waals surface area contributed by atoms with Crippen LogP contribution in [0.25, 0.3) is 0 Å². The predicted octanol–water partition coefficient (Wildman–Crippen LogP) is 2.99. The highest BCUT2D eigenvalue weighted by Crippen LogP contribution is 2.27. The number of ether oxygens (including phenoxy) is 1. The summed E-state index contributed by atoms with van der Waals surface area (Å²) in [7, 11) is 0. The molecule has 1 N–H and O–H groups in total. The van der Waals surface area contributed by atoms with E-state index in [2.05, 4.69) is 32.0 Å². The van der Waals surface area contributed by atoms with Gasteiger partial charge >= 0.3 is 5.97 Å². The van der Waals surface area contributed by atoms with Gasteiger partial charge in [-0.2, -0.15) is 0 Å². The van der Waals surface area contributed by atoms with E-state index in [1.165, 1.54) is 5.56 Å². The normalized spacial score (nSPS) is 14.1. The van der Waals surface area contributed by atoms with Crippen LogP contribution in [0.15, 0.2) is 24.3 Å². The summed E-state index contributed by atoms with van der Waals surface area (Å²) in [5, 5.41) is 3.09. The Morgan fingerprint density at radius 3 is 2.14 bits per heavy atom. The van der Waals surface area contributed by atoms with Crippen LogP contribution < -0.4 is 5.32 Å². The van der Waals surface area contributed by atoms with Gasteiger partial charge in [0.1, 0.15) is 5.54 Å². The first-order valence-electron chi connectivity index (χ1n) is 7.22. The lowest BCUT2D eigenvalue weighted by Gasteiger charge is -2.29. The van der Waals surface area contributed by atoms with Crippen LogP contribution in [0, 0.1) is 12.3 Å². The summed E-state index contributed by atoms with van der Waals surface area (Å²) in [6, 6.07) is 8.01. The van der Waals surface area contributed by atoms with Crippen LogP contribution in [0.4, 0.5) is 0 Å². The molecule has 0 saturated carbocycles. The van der Waals surface area contributed by atoms with Gasteiger partial charge < -0.3 is 4.74 Å². The summed E-state index contributed by atoms with van der Waals surface area (Å²) >= 11 is 0. The Bertz CT molecular complexity index is 520. The summed E-state index contributed by atoms with van der Waals surface area (Å²) in [5.41, 5.74) is 1.21. The van der Waals surface area contributed by atoms with Crippen molar-refractivity contribution >= 4 is 5.97 Å². The van der Waals surface area contributed by atoms with E-state index in [-0.39, 0.29) is 11.4 Å². The standard InChI is InChI=1S/C18H25NO2/c1-7-13-19-18(6,16(20)21-8-2)15-11-9-14(10-12-15)17(3,4)5/h1,9-12,19H,8,13H2,2-6H3. The Labute approximate surface area is 128 Å². The number of hydrogen-bond acceptors (Lipinski definition) is 3. The number of carbonyl (C=O) groups excluding carboxylic acids is 1. The van der Waals surface area contributed by atoms with Gasteiger partial charge in [-0.25, -0.2) is 4.79 Å². The third-order valence-electron chi connectivity index (χ3n) is 3.56. The fourth-order valence-corrected chi connectivity index (χ4v) is 2.10. The Balaban J connectivity index is 3.15. The lowest BCUT2D eigenvalue weighted by Crippen LogP contribution is -2.48. The molecule has 1 atom stereocenters. The third kappa shape index (κ3) is 4.09. The lowest BCUT2D eigenvalue weighted by atomic mass is 9.84. The maximum absolute atomic E-state index is 12.3. The molecular weight excluding hydrogens is 262 g/mol. The van der Waals surface area contributed by atoms with Crippen LogP contribution in [-0.2, 0) is 20.5 Å². The number of terminal acetylenes is 1. The minimum atomic E-state index is -0.932. The van der Waals surface area contributed by atoms with Crippen molar-refractivity contribution in [2.75, 3.05) is 13.2 Å². The first kappa shape index (κ1) is 17.3. The molecule has 0 bridgehead atoms. The maximum Gasteiger partial charge on any atom is 0.330 e. The maximum atomic E-state index is 12.3. The fraction of sp³-hybridized carbons (Fsp3) is 0.500. The molecule has 0 aliphatic heterocycles. The molecule has 0 amide bonds. The minimum absolute atomic E-state index is 0.0745. The third-order valence-corrected chi connectivity index (χ3v) is 3.56. The zero-order chi connectivity index (χ0) is 16.1. The van der Waals surface area contributed by atoms with Gasteiger partial charge in [-0.15, -0.1) is 6.42 Å². The molecule has 114 valence electrons. The number of nitrogens with one attached hydrogen (secondary N) is 1. The molecule has 1 aromatic carbocycles. The van der Waals surface area contributed by atoms with E-state index in [4.69, 9.17) is 11.2 Å². The molecule has 1 aromatic rings. The van der Waals surface area contributed by atoms with Crippen molar-refractivity contribution < 1.29 is 9.53 Å². The lowest BCUT2D eigenvalue weighted by molar-refractivity contribution is -0.150. The molecule has 0 aliphatic carbocycles. The van der Waals surface area contributed by atoms with Gasteiger partial charge in [0, 0.05) is 0 Å². The number of carbonyl (C=O) groups is 1. The molecular formula is C18H25NO2. The van der Waals surface area contributed by atoms with Crippen molar-refractivity contribution in [1.29, 1.82) is 0 Å². The highest BCUT2D eigenvalue weighted by atomic mass is 16.5. The van der Waals surface area contributed by atoms with Crippen LogP contribution in [0.3, 0.4) is 0 Å². The molecule has 0 saturated heterocycles. The van der Waals surface area contributed by atoms with Crippen molar-refractivity contribution in [2.24, 2.45) is 0 Å². The second-order valence-corrected chi connectivity index (χ2v) is 6.23. The Morgan fingerprint density at radius 1 is 1.19 bits per heavy atom. The number of rotatable bonds is 5. The Kier molecular flexibility index (Phi) is 5.57. The van der Waals surface area contributed by atoms with Crippen molar-refractivity contribution in [2.45, 2.75) is 45.6 Å². The van der Waals surface area contributed by atoms with Gasteiger partial charge in [0.2, 0.25) is 0 Å². The van der Waals surface area contributed by atoms with Crippen molar-refractivity contribution in [1.82, 2.24) is 5.32 Å². The highest BCUT2D eigenvalue weighted by molar-refractivity contribution is 5.82. The second kappa shape index (κ2) is 6.78. The quantitative estimate of drug-likeness (QED) is 0.668. The number of esters is 1. The zero-order valence-electron chi connectivity index (χ0n) is 13.6. The van der Waals surface area contributed by atoms with E-state index in [0.717, 1.165) is 5.56 Å². The molecule has 0 aromatic heterocycles. The van der Waals surface area contributed by atoms with Gasteiger partial charge in [0.25, 0.3) is 0 Å². The molecule has 1 unspecified atom stereocenters. The summed E-state index contributed by atoms with van der Waals surface area (Å²) in [6.45, 7) is 10.7. The largest absolute Gasteiger partial charge is 0.464 e. The molecule has 21 heavy (non-hydrogen) atoms. The molecule has 3 heteroatoms. The molecule has 0 fully saturated rings. The topological polar surface area (TPSA) is 38.3 Å². The summed E-state index contributed by atoms with van der Waals surface area (Å²) in [6.07, 6.45) is 5.30. The summed E-state index contributed by atoms with van der Waals surface area (Å²) < 4.78 is 5.19. The van der Waals surface area contributed by atoms with E-state index in [1.807, 2.05) is 24.3 Å². The Hall–Kier alpha value is -1.79. The van der Waals surface area contributed by atoms with Crippen molar-refractivity contribution in [3.63, 3.8) is 0 Å². The van der Waals surface area contributed by atoms with Crippen molar-refractivity contribution in [3.05, 3.63) is 35.4 Å². The van der Waals surface area contributed by atoms with Crippen molar-refractivity contribution in [3.8, 4) is 12.3 Å². The smallest absolute Gasteiger partial charge is 0.330 e. The van der Waals surface area contributed by atoms with E-state index >= 15 is 0 Å². The number of benzene rings is 1. The first-order chi connectivity index (χ1) is 9.75. The summed E-state index contributed by atoms with van der Waals surface area (Å²) in [5.74, 6) is 2.19. The van der Waals surface area contributed by atoms with Gasteiger partial charge in [-0.05, 0) is 30.4 Å². The number of hydrogen-bond donors (Lipinski definition) is 1. The van der Waals surface area contributed by atoms with E-state index in [0.29, 0.717) is 13.2 Å². The molecule has 3 nitrogen and oxygen atoms in total.